The molecule has 0 bridgehead atoms. The van der Waals surface area contributed by atoms with Crippen molar-refractivity contribution in [3.05, 3.63) is 34.2 Å². The van der Waals surface area contributed by atoms with Crippen LogP contribution >= 0.6 is 0 Å². The summed E-state index contributed by atoms with van der Waals surface area (Å²) in [6, 6.07) is 3.51. The molecule has 2 atom stereocenters. The summed E-state index contributed by atoms with van der Waals surface area (Å²) in [7, 11) is 0. The van der Waals surface area contributed by atoms with E-state index in [0.717, 1.165) is 0 Å². The zero-order valence-electron chi connectivity index (χ0n) is 11.4. The van der Waals surface area contributed by atoms with E-state index in [4.69, 9.17) is 0 Å². The maximum atomic E-state index is 12.2. The summed E-state index contributed by atoms with van der Waals surface area (Å²) in [5, 5.41) is 9.21. The van der Waals surface area contributed by atoms with Crippen LogP contribution < -0.4 is 5.56 Å². The minimum absolute atomic E-state index is 0.0597. The van der Waals surface area contributed by atoms with Crippen LogP contribution in [0.25, 0.3) is 0 Å². The highest BCUT2D eigenvalue weighted by molar-refractivity contribution is 5.76. The van der Waals surface area contributed by atoms with Crippen molar-refractivity contribution in [1.82, 2.24) is 9.47 Å². The third kappa shape index (κ3) is 2.87. The molecule has 1 aliphatic rings. The van der Waals surface area contributed by atoms with Gasteiger partial charge < -0.3 is 14.6 Å². The summed E-state index contributed by atoms with van der Waals surface area (Å²) < 4.78 is 1.44. The molecule has 5 heteroatoms. The molecule has 1 aliphatic heterocycles. The number of carbonyl (C=O) groups excluding carboxylic acids is 1. The highest BCUT2D eigenvalue weighted by Gasteiger charge is 2.31. The van der Waals surface area contributed by atoms with Gasteiger partial charge in [0.05, 0.1) is 0 Å². The lowest BCUT2D eigenvalue weighted by Crippen LogP contribution is -2.35. The number of hydrogen-bond donors (Lipinski definition) is 1. The van der Waals surface area contributed by atoms with E-state index in [1.54, 1.807) is 30.2 Å². The topological polar surface area (TPSA) is 62.5 Å². The molecule has 1 saturated heterocycles. The van der Waals surface area contributed by atoms with E-state index in [-0.39, 0.29) is 30.5 Å². The highest BCUT2D eigenvalue weighted by Crippen LogP contribution is 2.22. The number of amides is 1. The van der Waals surface area contributed by atoms with Crippen LogP contribution in [0.4, 0.5) is 0 Å². The number of pyridine rings is 1. The fourth-order valence-corrected chi connectivity index (χ4v) is 2.50. The Hall–Kier alpha value is -1.62. The molecule has 2 heterocycles. The lowest BCUT2D eigenvalue weighted by Gasteiger charge is -2.17. The monoisotopic (exact) mass is 264 g/mol. The fourth-order valence-electron chi connectivity index (χ4n) is 2.50. The van der Waals surface area contributed by atoms with Crippen LogP contribution in [0.3, 0.4) is 0 Å². The average Bonchev–Trinajstić information content (AvgIpc) is 2.76. The Morgan fingerprint density at radius 2 is 2.21 bits per heavy atom. The second-order valence-electron chi connectivity index (χ2n) is 5.34. The largest absolute Gasteiger partial charge is 0.396 e. The number of aromatic nitrogens is 1. The van der Waals surface area contributed by atoms with Gasteiger partial charge in [0, 0.05) is 37.4 Å². The summed E-state index contributed by atoms with van der Waals surface area (Å²) in [6.07, 6.45) is 1.64. The molecule has 2 rings (SSSR count). The van der Waals surface area contributed by atoms with Gasteiger partial charge in [-0.25, -0.2) is 0 Å². The average molecular weight is 264 g/mol. The lowest BCUT2D eigenvalue weighted by molar-refractivity contribution is -0.131. The Morgan fingerprint density at radius 1 is 1.47 bits per heavy atom. The third-order valence-corrected chi connectivity index (χ3v) is 3.87. The van der Waals surface area contributed by atoms with Gasteiger partial charge in [-0.15, -0.1) is 0 Å². The molecule has 1 aromatic rings. The van der Waals surface area contributed by atoms with Gasteiger partial charge >= 0.3 is 0 Å². The summed E-state index contributed by atoms with van der Waals surface area (Å²) >= 11 is 0. The third-order valence-electron chi connectivity index (χ3n) is 3.87. The first-order valence-corrected chi connectivity index (χ1v) is 6.57. The van der Waals surface area contributed by atoms with E-state index >= 15 is 0 Å². The molecule has 0 spiro atoms. The van der Waals surface area contributed by atoms with Gasteiger partial charge in [-0.1, -0.05) is 13.0 Å². The van der Waals surface area contributed by atoms with E-state index in [1.807, 2.05) is 6.92 Å². The molecular formula is C14H20N2O3. The van der Waals surface area contributed by atoms with Crippen LogP contribution in [0.1, 0.15) is 12.5 Å². The number of aryl methyl sites for hydroxylation is 1. The Bertz CT molecular complexity index is 524. The van der Waals surface area contributed by atoms with Gasteiger partial charge in [0.2, 0.25) is 5.91 Å². The molecule has 1 N–H and O–H groups in total. The predicted octanol–water partition coefficient (Wildman–Crippen LogP) is 0.244. The predicted molar refractivity (Wildman–Crippen MR) is 71.8 cm³/mol. The number of hydrogen-bond acceptors (Lipinski definition) is 3. The Kier molecular flexibility index (Phi) is 4.04. The first-order valence-electron chi connectivity index (χ1n) is 6.57. The van der Waals surface area contributed by atoms with Crippen molar-refractivity contribution in [3.63, 3.8) is 0 Å². The number of likely N-dealkylation sites (tertiary alicyclic amines) is 1. The number of aliphatic hydroxyl groups is 1. The van der Waals surface area contributed by atoms with Gasteiger partial charge in [0.25, 0.3) is 5.56 Å². The SMILES string of the molecule is Cc1cccn(CC(=O)N2C[C@@H](CO)[C@H](C)C2)c1=O. The molecule has 1 fully saturated rings. The Balaban J connectivity index is 2.06. The maximum Gasteiger partial charge on any atom is 0.253 e. The van der Waals surface area contributed by atoms with Crippen LogP contribution in [0.15, 0.2) is 23.1 Å². The van der Waals surface area contributed by atoms with E-state index in [9.17, 15) is 14.7 Å². The summed E-state index contributed by atoms with van der Waals surface area (Å²) in [5.74, 6) is 0.400. The van der Waals surface area contributed by atoms with Crippen LogP contribution in [0.2, 0.25) is 0 Å². The Labute approximate surface area is 112 Å². The molecule has 0 radical (unpaired) electrons. The molecule has 1 aromatic heterocycles. The molecule has 104 valence electrons. The van der Waals surface area contributed by atoms with Crippen molar-refractivity contribution in [1.29, 1.82) is 0 Å². The molecular weight excluding hydrogens is 244 g/mol. The first kappa shape index (κ1) is 13.8. The van der Waals surface area contributed by atoms with E-state index in [2.05, 4.69) is 0 Å². The van der Waals surface area contributed by atoms with Gasteiger partial charge in [0.15, 0.2) is 0 Å². The zero-order valence-corrected chi connectivity index (χ0v) is 11.4. The van der Waals surface area contributed by atoms with Crippen molar-refractivity contribution < 1.29 is 9.90 Å². The van der Waals surface area contributed by atoms with Crippen molar-refractivity contribution in [2.45, 2.75) is 20.4 Å². The number of rotatable bonds is 3. The normalized spacial score (nSPS) is 22.8. The summed E-state index contributed by atoms with van der Waals surface area (Å²) in [5.41, 5.74) is 0.514. The van der Waals surface area contributed by atoms with Crippen molar-refractivity contribution in [3.8, 4) is 0 Å². The van der Waals surface area contributed by atoms with Crippen LogP contribution in [0.5, 0.6) is 0 Å². The highest BCUT2D eigenvalue weighted by atomic mass is 16.3. The molecule has 0 saturated carbocycles. The smallest absolute Gasteiger partial charge is 0.253 e. The number of carbonyl (C=O) groups is 1. The van der Waals surface area contributed by atoms with E-state index < -0.39 is 0 Å². The lowest BCUT2D eigenvalue weighted by atomic mass is 10.00. The second-order valence-corrected chi connectivity index (χ2v) is 5.34. The summed E-state index contributed by atoms with van der Waals surface area (Å²) in [4.78, 5) is 25.8. The van der Waals surface area contributed by atoms with Crippen LogP contribution in [-0.2, 0) is 11.3 Å². The van der Waals surface area contributed by atoms with Gasteiger partial charge in [-0.3, -0.25) is 9.59 Å². The van der Waals surface area contributed by atoms with E-state index in [0.29, 0.717) is 24.6 Å². The van der Waals surface area contributed by atoms with Crippen molar-refractivity contribution in [2.75, 3.05) is 19.7 Å². The van der Waals surface area contributed by atoms with Gasteiger partial charge in [0.1, 0.15) is 6.54 Å². The van der Waals surface area contributed by atoms with Crippen LogP contribution in [-0.4, -0.2) is 40.2 Å². The van der Waals surface area contributed by atoms with Crippen LogP contribution in [0, 0.1) is 18.8 Å². The molecule has 19 heavy (non-hydrogen) atoms. The Morgan fingerprint density at radius 3 is 2.84 bits per heavy atom. The van der Waals surface area contributed by atoms with Gasteiger partial charge in [-0.2, -0.15) is 0 Å². The second kappa shape index (κ2) is 5.57. The van der Waals surface area contributed by atoms with Crippen molar-refractivity contribution >= 4 is 5.91 Å². The molecule has 0 aliphatic carbocycles. The first-order chi connectivity index (χ1) is 9.02. The molecule has 5 nitrogen and oxygen atoms in total. The maximum absolute atomic E-state index is 12.2. The number of nitrogens with zero attached hydrogens (tertiary/aromatic N) is 2. The summed E-state index contributed by atoms with van der Waals surface area (Å²) in [6.45, 7) is 5.19. The zero-order chi connectivity index (χ0) is 14.0. The minimum atomic E-state index is -0.123. The van der Waals surface area contributed by atoms with Gasteiger partial charge in [-0.05, 0) is 18.9 Å². The van der Waals surface area contributed by atoms with Crippen molar-refractivity contribution in [2.24, 2.45) is 11.8 Å². The molecule has 0 aromatic carbocycles. The molecule has 1 amide bonds. The standard InChI is InChI=1S/C14H20N2O3/c1-10-4-3-5-15(14(10)19)8-13(18)16-6-11(2)12(7-16)9-17/h3-5,11-12,17H,6-9H2,1-2H3/t11-,12+/m1/s1. The number of aliphatic hydroxyl groups excluding tert-OH is 1. The minimum Gasteiger partial charge on any atom is -0.396 e. The van der Waals surface area contributed by atoms with E-state index in [1.165, 1.54) is 4.57 Å². The quantitative estimate of drug-likeness (QED) is 0.851. The fraction of sp³-hybridized carbons (Fsp3) is 0.571. The molecule has 0 unspecified atom stereocenters.